The van der Waals surface area contributed by atoms with Crippen molar-refractivity contribution in [3.63, 3.8) is 0 Å². The van der Waals surface area contributed by atoms with E-state index >= 15 is 0 Å². The van der Waals surface area contributed by atoms with Crippen LogP contribution in [0.5, 0.6) is 11.5 Å². The van der Waals surface area contributed by atoms with Crippen molar-refractivity contribution in [2.45, 2.75) is 74.4 Å². The minimum Gasteiger partial charge on any atom is -0.504 e. The SMILES string of the molecule is CC(=O)O[C@@H](CC(=O)OC1=CC[C@@]2(O)[C@H]3Cc4ccc(O)c5c4[C@@]2(CCN3C)[C@H]1O5)C(=O)O[C@@H](CC(=O)O)C(=O)O. The highest BCUT2D eigenvalue weighted by Crippen LogP contribution is 2.65. The van der Waals surface area contributed by atoms with E-state index in [4.69, 9.17) is 29.2 Å². The summed E-state index contributed by atoms with van der Waals surface area (Å²) in [5.74, 6) is -6.66. The third-order valence-electron chi connectivity index (χ3n) is 8.40. The smallest absolute Gasteiger partial charge is 0.348 e. The third-order valence-corrected chi connectivity index (χ3v) is 8.40. The molecule has 5 rings (SSSR count). The zero-order valence-corrected chi connectivity index (χ0v) is 22.2. The van der Waals surface area contributed by atoms with E-state index in [1.54, 1.807) is 6.07 Å². The fraction of sp³-hybridized carbons (Fsp3) is 0.519. The average molecular weight is 576 g/mol. The Morgan fingerprint density at radius 3 is 2.51 bits per heavy atom. The predicted octanol–water partition coefficient (Wildman–Crippen LogP) is 0.00600. The van der Waals surface area contributed by atoms with Gasteiger partial charge in [-0.1, -0.05) is 6.07 Å². The van der Waals surface area contributed by atoms with Gasteiger partial charge in [-0.05, 0) is 44.1 Å². The molecule has 0 aromatic heterocycles. The van der Waals surface area contributed by atoms with Gasteiger partial charge in [0.25, 0.3) is 0 Å². The van der Waals surface area contributed by atoms with Crippen molar-refractivity contribution in [3.8, 4) is 11.5 Å². The molecule has 4 N–H and O–H groups in total. The highest BCUT2D eigenvalue weighted by molar-refractivity contribution is 5.87. The summed E-state index contributed by atoms with van der Waals surface area (Å²) in [6.45, 7) is 1.55. The van der Waals surface area contributed by atoms with Crippen LogP contribution in [-0.4, -0.2) is 98.7 Å². The Balaban J connectivity index is 1.40. The van der Waals surface area contributed by atoms with Crippen molar-refractivity contribution in [1.82, 2.24) is 4.90 Å². The van der Waals surface area contributed by atoms with Gasteiger partial charge in [0.2, 0.25) is 12.2 Å². The molecule has 1 saturated heterocycles. The van der Waals surface area contributed by atoms with E-state index in [1.807, 2.05) is 7.05 Å². The van der Waals surface area contributed by atoms with Crippen LogP contribution in [0.25, 0.3) is 0 Å². The molecule has 1 fully saturated rings. The quantitative estimate of drug-likeness (QED) is 0.226. The van der Waals surface area contributed by atoms with Gasteiger partial charge in [-0.15, -0.1) is 0 Å². The van der Waals surface area contributed by atoms with Gasteiger partial charge >= 0.3 is 29.8 Å². The molecule has 2 heterocycles. The first kappa shape index (κ1) is 28.4. The molecule has 220 valence electrons. The summed E-state index contributed by atoms with van der Waals surface area (Å²) in [6, 6.07) is 3.04. The average Bonchev–Trinajstić information content (AvgIpc) is 3.24. The lowest BCUT2D eigenvalue weighted by atomic mass is 9.50. The van der Waals surface area contributed by atoms with Gasteiger partial charge < -0.3 is 44.3 Å². The number of phenolic OH excluding ortho intramolecular Hbond substituents is 1. The maximum absolute atomic E-state index is 13.1. The summed E-state index contributed by atoms with van der Waals surface area (Å²) in [4.78, 5) is 61.6. The zero-order valence-electron chi connectivity index (χ0n) is 22.2. The first-order chi connectivity index (χ1) is 19.3. The number of hydrogen-bond donors (Lipinski definition) is 4. The Morgan fingerprint density at radius 1 is 1.12 bits per heavy atom. The van der Waals surface area contributed by atoms with Gasteiger partial charge in [0.15, 0.2) is 17.6 Å². The lowest BCUT2D eigenvalue weighted by Gasteiger charge is -2.61. The second-order valence-corrected chi connectivity index (χ2v) is 10.7. The maximum Gasteiger partial charge on any atom is 0.348 e. The number of likely N-dealkylation sites (N-methyl/N-ethyl adjacent to an activating group) is 1. The number of likely N-dealkylation sites (tertiary alicyclic amines) is 1. The molecule has 14 heteroatoms. The molecule has 1 aromatic rings. The van der Waals surface area contributed by atoms with Crippen molar-refractivity contribution in [1.29, 1.82) is 0 Å². The van der Waals surface area contributed by atoms with Gasteiger partial charge in [0, 0.05) is 24.9 Å². The second kappa shape index (κ2) is 10.0. The van der Waals surface area contributed by atoms with Crippen molar-refractivity contribution in [2.24, 2.45) is 0 Å². The Hall–Kier alpha value is -4.17. The largest absolute Gasteiger partial charge is 0.504 e. The van der Waals surface area contributed by atoms with Crippen LogP contribution in [0.2, 0.25) is 0 Å². The van der Waals surface area contributed by atoms with Crippen molar-refractivity contribution in [2.75, 3.05) is 13.6 Å². The van der Waals surface area contributed by atoms with E-state index in [-0.39, 0.29) is 29.7 Å². The molecule has 2 aliphatic heterocycles. The van der Waals surface area contributed by atoms with Crippen LogP contribution in [0.3, 0.4) is 0 Å². The highest BCUT2D eigenvalue weighted by Gasteiger charge is 2.72. The fourth-order valence-corrected chi connectivity index (χ4v) is 6.69. The van der Waals surface area contributed by atoms with Gasteiger partial charge in [-0.25, -0.2) is 9.59 Å². The van der Waals surface area contributed by atoms with Crippen LogP contribution in [0.1, 0.15) is 43.7 Å². The number of benzene rings is 1. The second-order valence-electron chi connectivity index (χ2n) is 10.7. The first-order valence-electron chi connectivity index (χ1n) is 13.0. The molecule has 4 aliphatic rings. The van der Waals surface area contributed by atoms with Crippen LogP contribution in [-0.2, 0) is 50.0 Å². The van der Waals surface area contributed by atoms with Crippen molar-refractivity contribution < 1.29 is 63.3 Å². The monoisotopic (exact) mass is 575 g/mol. The molecule has 6 atom stereocenters. The molecule has 0 unspecified atom stereocenters. The van der Waals surface area contributed by atoms with Crippen LogP contribution in [0.15, 0.2) is 24.0 Å². The number of carbonyl (C=O) groups excluding carboxylic acids is 3. The first-order valence-corrected chi connectivity index (χ1v) is 13.0. The van der Waals surface area contributed by atoms with E-state index in [0.717, 1.165) is 12.5 Å². The maximum atomic E-state index is 13.1. The van der Waals surface area contributed by atoms with Gasteiger partial charge in [-0.3, -0.25) is 14.4 Å². The molecule has 2 aliphatic carbocycles. The van der Waals surface area contributed by atoms with Crippen LogP contribution in [0.4, 0.5) is 0 Å². The van der Waals surface area contributed by atoms with E-state index < -0.39 is 72.0 Å². The number of aliphatic carboxylic acids is 2. The third kappa shape index (κ3) is 4.47. The summed E-state index contributed by atoms with van der Waals surface area (Å²) in [5, 5.41) is 40.8. The Kier molecular flexibility index (Phi) is 6.94. The minimum absolute atomic E-state index is 0.0376. The molecule has 41 heavy (non-hydrogen) atoms. The van der Waals surface area contributed by atoms with E-state index in [1.165, 1.54) is 12.1 Å². The molecular formula is C27H29NO13. The van der Waals surface area contributed by atoms with Crippen LogP contribution in [0, 0.1) is 0 Å². The molecule has 1 aromatic carbocycles. The zero-order chi connectivity index (χ0) is 29.9. The van der Waals surface area contributed by atoms with Gasteiger partial charge in [-0.2, -0.15) is 0 Å². The Labute approximate surface area is 233 Å². The van der Waals surface area contributed by atoms with Gasteiger partial charge in [0.1, 0.15) is 5.76 Å². The Bertz CT molecular complexity index is 1370. The van der Waals surface area contributed by atoms with Crippen molar-refractivity contribution in [3.05, 3.63) is 35.1 Å². The normalized spacial score (nSPS) is 28.7. The highest BCUT2D eigenvalue weighted by atomic mass is 16.6. The topological polar surface area (TPSA) is 206 Å². The number of rotatable bonds is 9. The molecule has 0 amide bonds. The number of carbonyl (C=O) groups is 5. The number of carboxylic acids is 2. The number of aromatic hydroxyl groups is 1. The lowest BCUT2D eigenvalue weighted by Crippen LogP contribution is -2.74. The molecule has 1 spiro atoms. The molecule has 0 radical (unpaired) electrons. The number of ether oxygens (including phenoxy) is 4. The molecular weight excluding hydrogens is 546 g/mol. The number of piperidine rings is 1. The molecule has 2 bridgehead atoms. The Morgan fingerprint density at radius 2 is 1.85 bits per heavy atom. The number of esters is 3. The van der Waals surface area contributed by atoms with E-state index in [2.05, 4.69) is 4.90 Å². The number of carboxylic acid groups (broad SMARTS) is 2. The number of phenols is 1. The number of hydrogen-bond acceptors (Lipinski definition) is 12. The van der Waals surface area contributed by atoms with E-state index in [9.17, 15) is 34.2 Å². The fourth-order valence-electron chi connectivity index (χ4n) is 6.69. The lowest BCUT2D eigenvalue weighted by molar-refractivity contribution is -0.181. The summed E-state index contributed by atoms with van der Waals surface area (Å²) in [6.07, 6.45) is -4.34. The molecule has 14 nitrogen and oxygen atoms in total. The summed E-state index contributed by atoms with van der Waals surface area (Å²) >= 11 is 0. The predicted molar refractivity (Wildman–Crippen MR) is 133 cm³/mol. The molecule has 0 saturated carbocycles. The van der Waals surface area contributed by atoms with Crippen LogP contribution < -0.4 is 4.74 Å². The van der Waals surface area contributed by atoms with Crippen LogP contribution >= 0.6 is 0 Å². The summed E-state index contributed by atoms with van der Waals surface area (Å²) in [5.41, 5.74) is -0.751. The number of aliphatic hydroxyl groups is 1. The number of nitrogens with zero attached hydrogens (tertiary/aromatic N) is 1. The van der Waals surface area contributed by atoms with E-state index in [0.29, 0.717) is 24.9 Å². The summed E-state index contributed by atoms with van der Waals surface area (Å²) in [7, 11) is 1.92. The van der Waals surface area contributed by atoms with Gasteiger partial charge in [0.05, 0.1) is 23.9 Å². The summed E-state index contributed by atoms with van der Waals surface area (Å²) < 4.78 is 21.4. The minimum atomic E-state index is -2.08. The van der Waals surface area contributed by atoms with Crippen molar-refractivity contribution >= 4 is 29.8 Å². The standard InChI is InChI=1S/C27H29NO13/c1-12(29)38-17(25(36)40-16(24(34)35)10-19(31)32)11-20(33)39-15-5-6-27(37)18-9-13-3-4-14(30)22-21(13)26(27,23(15)41-22)7-8-28(18)2/h3-5,16-18,23,30,37H,6-11H2,1-2H3,(H,31,32)(H,34,35)/t16-,17-,18+,23-,26-,27+/m0/s1.